The second-order valence-corrected chi connectivity index (χ2v) is 9.94. The fourth-order valence-corrected chi connectivity index (χ4v) is 4.99. The van der Waals surface area contributed by atoms with Crippen LogP contribution in [0.3, 0.4) is 0 Å². The number of ether oxygens (including phenoxy) is 2. The maximum Gasteiger partial charge on any atom is 0.294 e. The van der Waals surface area contributed by atoms with E-state index in [4.69, 9.17) is 9.47 Å². The van der Waals surface area contributed by atoms with Crippen molar-refractivity contribution in [1.82, 2.24) is 9.80 Å². The van der Waals surface area contributed by atoms with E-state index in [0.29, 0.717) is 49.8 Å². The number of carbonyl (C=O) groups excluding carboxylic acids is 3. The zero-order valence-corrected chi connectivity index (χ0v) is 22.3. The minimum Gasteiger partial charge on any atom is -0.490 e. The average Bonchev–Trinajstić information content (AvgIpc) is 3.17. The van der Waals surface area contributed by atoms with Crippen molar-refractivity contribution in [3.05, 3.63) is 59.0 Å². The zero-order valence-electron chi connectivity index (χ0n) is 21.5. The van der Waals surface area contributed by atoms with E-state index in [-0.39, 0.29) is 23.5 Å². The Labute approximate surface area is 222 Å². The number of piperazine rings is 1. The molecule has 0 bridgehead atoms. The number of rotatable bonds is 9. The number of nitrogens with zero attached hydrogens (tertiary/aromatic N) is 3. The second-order valence-electron chi connectivity index (χ2n) is 8.95. The lowest BCUT2D eigenvalue weighted by Crippen LogP contribution is -2.51. The van der Waals surface area contributed by atoms with Gasteiger partial charge in [-0.1, -0.05) is 31.2 Å². The number of carbonyl (C=O) groups is 3. The standard InChI is InChI=1S/C28H33N3O5S/c1-4-20(3)36-23-12-11-21(17-24(23)35-5-2)18-25-27(33)31(28(34)37-25)19-26(32)30-15-13-29(14-16-30)22-9-7-6-8-10-22/h6-12,17-18,20H,4-5,13-16,19H2,1-3H3/b25-18+/t20-/m1/s1. The molecule has 0 radical (unpaired) electrons. The summed E-state index contributed by atoms with van der Waals surface area (Å²) in [5.74, 6) is 0.547. The molecule has 0 N–H and O–H groups in total. The highest BCUT2D eigenvalue weighted by atomic mass is 32.2. The SMILES string of the molecule is CCOc1cc(/C=C2/SC(=O)N(CC(=O)N3CCN(c4ccccc4)CC3)C2=O)ccc1O[C@H](C)CC. The molecule has 0 aliphatic carbocycles. The van der Waals surface area contributed by atoms with Gasteiger partial charge in [0.1, 0.15) is 6.54 Å². The summed E-state index contributed by atoms with van der Waals surface area (Å²) >= 11 is 0.848. The van der Waals surface area contributed by atoms with Crippen molar-refractivity contribution in [3.8, 4) is 11.5 Å². The van der Waals surface area contributed by atoms with Crippen LogP contribution in [0.1, 0.15) is 32.8 Å². The van der Waals surface area contributed by atoms with Gasteiger partial charge in [-0.2, -0.15) is 0 Å². The fraction of sp³-hybridized carbons (Fsp3) is 0.393. The molecule has 2 saturated heterocycles. The van der Waals surface area contributed by atoms with E-state index in [1.165, 1.54) is 0 Å². The van der Waals surface area contributed by atoms with Crippen molar-refractivity contribution in [3.63, 3.8) is 0 Å². The summed E-state index contributed by atoms with van der Waals surface area (Å²) in [6.45, 7) is 8.65. The molecule has 0 unspecified atom stereocenters. The third-order valence-corrected chi connectivity index (χ3v) is 7.30. The Balaban J connectivity index is 1.39. The maximum atomic E-state index is 13.0. The van der Waals surface area contributed by atoms with Gasteiger partial charge in [-0.25, -0.2) is 0 Å². The molecular formula is C28H33N3O5S. The number of amides is 3. The van der Waals surface area contributed by atoms with E-state index in [1.54, 1.807) is 17.0 Å². The van der Waals surface area contributed by atoms with Crippen LogP contribution in [0.25, 0.3) is 6.08 Å². The van der Waals surface area contributed by atoms with Gasteiger partial charge in [0.15, 0.2) is 11.5 Å². The number of para-hydroxylation sites is 1. The number of thioether (sulfide) groups is 1. The normalized spacial score (nSPS) is 17.9. The Hall–Kier alpha value is -3.46. The second kappa shape index (κ2) is 12.2. The lowest BCUT2D eigenvalue weighted by atomic mass is 10.1. The number of hydrogen-bond donors (Lipinski definition) is 0. The summed E-state index contributed by atoms with van der Waals surface area (Å²) < 4.78 is 11.7. The Morgan fingerprint density at radius 1 is 1.03 bits per heavy atom. The Morgan fingerprint density at radius 3 is 2.43 bits per heavy atom. The molecular weight excluding hydrogens is 490 g/mol. The zero-order chi connectivity index (χ0) is 26.4. The van der Waals surface area contributed by atoms with Crippen LogP contribution < -0.4 is 14.4 Å². The quantitative estimate of drug-likeness (QED) is 0.443. The highest BCUT2D eigenvalue weighted by Crippen LogP contribution is 2.35. The Kier molecular flexibility index (Phi) is 8.76. The monoisotopic (exact) mass is 523 g/mol. The highest BCUT2D eigenvalue weighted by Gasteiger charge is 2.37. The van der Waals surface area contributed by atoms with Crippen molar-refractivity contribution in [2.75, 3.05) is 44.2 Å². The third-order valence-electron chi connectivity index (χ3n) is 6.39. The van der Waals surface area contributed by atoms with Crippen molar-refractivity contribution in [2.24, 2.45) is 0 Å². The minimum absolute atomic E-state index is 0.0420. The van der Waals surface area contributed by atoms with Crippen LogP contribution >= 0.6 is 11.8 Å². The van der Waals surface area contributed by atoms with Crippen LogP contribution in [-0.2, 0) is 9.59 Å². The van der Waals surface area contributed by atoms with E-state index >= 15 is 0 Å². The highest BCUT2D eigenvalue weighted by molar-refractivity contribution is 8.18. The van der Waals surface area contributed by atoms with E-state index in [1.807, 2.05) is 63.2 Å². The number of benzene rings is 2. The summed E-state index contributed by atoms with van der Waals surface area (Å²) in [4.78, 5) is 43.8. The number of anilines is 1. The van der Waals surface area contributed by atoms with Gasteiger partial charge < -0.3 is 19.3 Å². The fourth-order valence-electron chi connectivity index (χ4n) is 4.16. The Bertz CT molecular complexity index is 1160. The molecule has 2 aromatic rings. The van der Waals surface area contributed by atoms with Gasteiger partial charge in [-0.3, -0.25) is 19.3 Å². The molecule has 2 aromatic carbocycles. The van der Waals surface area contributed by atoms with E-state index in [0.717, 1.165) is 28.8 Å². The van der Waals surface area contributed by atoms with Crippen molar-refractivity contribution in [2.45, 2.75) is 33.3 Å². The van der Waals surface area contributed by atoms with Crippen LogP contribution in [0, 0.1) is 0 Å². The first-order valence-electron chi connectivity index (χ1n) is 12.7. The molecule has 0 aromatic heterocycles. The van der Waals surface area contributed by atoms with Crippen LogP contribution in [0.5, 0.6) is 11.5 Å². The molecule has 4 rings (SSSR count). The van der Waals surface area contributed by atoms with Gasteiger partial charge >= 0.3 is 0 Å². The van der Waals surface area contributed by atoms with Gasteiger partial charge in [-0.15, -0.1) is 0 Å². The number of imide groups is 1. The predicted octanol–water partition coefficient (Wildman–Crippen LogP) is 4.65. The molecule has 2 aliphatic rings. The molecule has 196 valence electrons. The molecule has 0 spiro atoms. The molecule has 0 saturated carbocycles. The predicted molar refractivity (Wildman–Crippen MR) is 146 cm³/mol. The lowest BCUT2D eigenvalue weighted by Gasteiger charge is -2.36. The maximum absolute atomic E-state index is 13.0. The summed E-state index contributed by atoms with van der Waals surface area (Å²) in [6.07, 6.45) is 2.56. The van der Waals surface area contributed by atoms with Gasteiger partial charge in [0.05, 0.1) is 17.6 Å². The van der Waals surface area contributed by atoms with Crippen LogP contribution in [0.4, 0.5) is 10.5 Å². The van der Waals surface area contributed by atoms with Crippen molar-refractivity contribution < 1.29 is 23.9 Å². The van der Waals surface area contributed by atoms with Gasteiger partial charge in [0.2, 0.25) is 5.91 Å². The van der Waals surface area contributed by atoms with Crippen LogP contribution in [0.15, 0.2) is 53.4 Å². The average molecular weight is 524 g/mol. The van der Waals surface area contributed by atoms with Gasteiger partial charge in [0.25, 0.3) is 11.1 Å². The largest absolute Gasteiger partial charge is 0.490 e. The van der Waals surface area contributed by atoms with Gasteiger partial charge in [-0.05, 0) is 67.9 Å². The smallest absolute Gasteiger partial charge is 0.294 e. The molecule has 1 atom stereocenters. The van der Waals surface area contributed by atoms with Crippen molar-refractivity contribution in [1.29, 1.82) is 0 Å². The first-order chi connectivity index (χ1) is 17.9. The number of hydrogen-bond acceptors (Lipinski definition) is 7. The molecule has 9 heteroatoms. The molecule has 2 aliphatic heterocycles. The lowest BCUT2D eigenvalue weighted by molar-refractivity contribution is -0.136. The molecule has 8 nitrogen and oxygen atoms in total. The first kappa shape index (κ1) is 26.6. The molecule has 37 heavy (non-hydrogen) atoms. The summed E-state index contributed by atoms with van der Waals surface area (Å²) in [6, 6.07) is 15.5. The summed E-state index contributed by atoms with van der Waals surface area (Å²) in [5.41, 5.74) is 1.84. The third kappa shape index (κ3) is 6.46. The van der Waals surface area contributed by atoms with Crippen LogP contribution in [0.2, 0.25) is 0 Å². The summed E-state index contributed by atoms with van der Waals surface area (Å²) in [7, 11) is 0. The topological polar surface area (TPSA) is 79.4 Å². The molecule has 2 heterocycles. The van der Waals surface area contributed by atoms with Crippen LogP contribution in [-0.4, -0.2) is 72.3 Å². The van der Waals surface area contributed by atoms with Crippen molar-refractivity contribution >= 4 is 40.6 Å². The molecule has 2 fully saturated rings. The van der Waals surface area contributed by atoms with E-state index in [2.05, 4.69) is 4.90 Å². The van der Waals surface area contributed by atoms with E-state index < -0.39 is 11.1 Å². The molecule has 3 amide bonds. The summed E-state index contributed by atoms with van der Waals surface area (Å²) in [5, 5.41) is -0.436. The Morgan fingerprint density at radius 2 is 1.76 bits per heavy atom. The minimum atomic E-state index is -0.454. The van der Waals surface area contributed by atoms with E-state index in [9.17, 15) is 14.4 Å². The van der Waals surface area contributed by atoms with Gasteiger partial charge in [0, 0.05) is 31.9 Å². The first-order valence-corrected chi connectivity index (χ1v) is 13.5.